The van der Waals surface area contributed by atoms with Gasteiger partial charge in [-0.3, -0.25) is 0 Å². The van der Waals surface area contributed by atoms with E-state index in [-0.39, 0.29) is 0 Å². The minimum Gasteiger partial charge on any atom is -0.391 e. The van der Waals surface area contributed by atoms with Crippen molar-refractivity contribution >= 4 is 11.9 Å². The van der Waals surface area contributed by atoms with Crippen LogP contribution in [-0.2, 0) is 27.2 Å². The Kier molecular flexibility index (Phi) is 7.40. The molecular weight excluding hydrogens is 360 g/mol. The smallest absolute Gasteiger partial charge is 0.331 e. The summed E-state index contributed by atoms with van der Waals surface area (Å²) < 4.78 is 5.10. The maximum absolute atomic E-state index is 12.5. The highest BCUT2D eigenvalue weighted by Gasteiger charge is 2.35. The van der Waals surface area contributed by atoms with E-state index >= 15 is 0 Å². The lowest BCUT2D eigenvalue weighted by Gasteiger charge is -2.19. The maximum atomic E-state index is 12.5. The van der Waals surface area contributed by atoms with E-state index in [0.717, 1.165) is 11.1 Å². The standard InChI is InChI=1S/C26H26O3/c1-25(2,19-11-17-21-13-7-5-8-14-21)23(27)29-24(28)26(3,4)20-12-18-22-15-9-6-10-16-22/h5-10,13-16H,17-18H2,1-4H3. The van der Waals surface area contributed by atoms with Crippen molar-refractivity contribution in [2.75, 3.05) is 0 Å². The third-order valence-electron chi connectivity index (χ3n) is 4.28. The van der Waals surface area contributed by atoms with Crippen molar-refractivity contribution in [3.8, 4) is 23.7 Å². The Morgan fingerprint density at radius 3 is 1.38 bits per heavy atom. The molecule has 0 saturated carbocycles. The van der Waals surface area contributed by atoms with E-state index in [9.17, 15) is 9.59 Å². The van der Waals surface area contributed by atoms with Gasteiger partial charge in [-0.1, -0.05) is 84.3 Å². The molecule has 0 aromatic heterocycles. The van der Waals surface area contributed by atoms with Gasteiger partial charge in [0.2, 0.25) is 0 Å². The molecule has 2 aromatic carbocycles. The maximum Gasteiger partial charge on any atom is 0.331 e. The van der Waals surface area contributed by atoms with Gasteiger partial charge >= 0.3 is 11.9 Å². The Hall–Kier alpha value is -3.30. The van der Waals surface area contributed by atoms with Crippen LogP contribution in [0.15, 0.2) is 60.7 Å². The first-order valence-corrected chi connectivity index (χ1v) is 9.55. The highest BCUT2D eigenvalue weighted by molar-refractivity contribution is 5.93. The molecule has 3 heteroatoms. The molecule has 0 aliphatic rings. The summed E-state index contributed by atoms with van der Waals surface area (Å²) in [5, 5.41) is 0. The predicted molar refractivity (Wildman–Crippen MR) is 115 cm³/mol. The molecule has 0 N–H and O–H groups in total. The molecule has 0 heterocycles. The van der Waals surface area contributed by atoms with Crippen molar-refractivity contribution in [2.24, 2.45) is 10.8 Å². The zero-order valence-electron chi connectivity index (χ0n) is 17.4. The van der Waals surface area contributed by atoms with Gasteiger partial charge in [-0.05, 0) is 38.8 Å². The summed E-state index contributed by atoms with van der Waals surface area (Å²) in [5.41, 5.74) is -0.0409. The molecule has 0 unspecified atom stereocenters. The van der Waals surface area contributed by atoms with E-state index in [1.807, 2.05) is 60.7 Å². The molecule has 0 fully saturated rings. The van der Waals surface area contributed by atoms with Crippen LogP contribution in [0.25, 0.3) is 0 Å². The number of carbonyl (C=O) groups excluding carboxylic acids is 2. The van der Waals surface area contributed by atoms with Gasteiger partial charge in [0.15, 0.2) is 0 Å². The molecule has 2 rings (SSSR count). The predicted octanol–water partition coefficient (Wildman–Crippen LogP) is 4.60. The fraction of sp³-hybridized carbons (Fsp3) is 0.308. The molecule has 0 atom stereocenters. The van der Waals surface area contributed by atoms with Gasteiger partial charge in [0, 0.05) is 12.8 Å². The fourth-order valence-electron chi connectivity index (χ4n) is 2.37. The second-order valence-electron chi connectivity index (χ2n) is 7.86. The van der Waals surface area contributed by atoms with Gasteiger partial charge in [0.1, 0.15) is 10.8 Å². The normalized spacial score (nSPS) is 10.8. The Morgan fingerprint density at radius 1 is 0.690 bits per heavy atom. The van der Waals surface area contributed by atoms with Gasteiger partial charge in [-0.25, -0.2) is 9.59 Å². The number of esters is 2. The largest absolute Gasteiger partial charge is 0.391 e. The monoisotopic (exact) mass is 386 g/mol. The first kappa shape index (κ1) is 22.0. The Morgan fingerprint density at radius 2 is 1.03 bits per heavy atom. The Bertz CT molecular complexity index is 881. The topological polar surface area (TPSA) is 43.4 Å². The Balaban J connectivity index is 1.96. The summed E-state index contributed by atoms with van der Waals surface area (Å²) in [6, 6.07) is 19.5. The van der Waals surface area contributed by atoms with Crippen LogP contribution in [0, 0.1) is 34.5 Å². The first-order valence-electron chi connectivity index (χ1n) is 9.55. The molecule has 0 spiro atoms. The van der Waals surface area contributed by atoms with Crippen molar-refractivity contribution in [2.45, 2.75) is 40.5 Å². The summed E-state index contributed by atoms with van der Waals surface area (Å²) in [7, 11) is 0. The number of hydrogen-bond donors (Lipinski definition) is 0. The van der Waals surface area contributed by atoms with Crippen LogP contribution >= 0.6 is 0 Å². The Labute approximate surface area is 173 Å². The van der Waals surface area contributed by atoms with Crippen LogP contribution in [0.3, 0.4) is 0 Å². The molecule has 3 nitrogen and oxygen atoms in total. The number of carbonyl (C=O) groups is 2. The molecule has 0 aliphatic heterocycles. The molecule has 0 radical (unpaired) electrons. The van der Waals surface area contributed by atoms with Crippen LogP contribution < -0.4 is 0 Å². The molecule has 148 valence electrons. The van der Waals surface area contributed by atoms with E-state index in [0.29, 0.717) is 12.8 Å². The van der Waals surface area contributed by atoms with Gasteiger partial charge in [0.05, 0.1) is 0 Å². The van der Waals surface area contributed by atoms with Crippen molar-refractivity contribution in [1.29, 1.82) is 0 Å². The van der Waals surface area contributed by atoms with Gasteiger partial charge in [-0.15, -0.1) is 0 Å². The van der Waals surface area contributed by atoms with E-state index in [1.54, 1.807) is 27.7 Å². The number of hydrogen-bond acceptors (Lipinski definition) is 3. The quantitative estimate of drug-likeness (QED) is 0.438. The fourth-order valence-corrected chi connectivity index (χ4v) is 2.37. The molecular formula is C26H26O3. The zero-order chi connectivity index (χ0) is 21.3. The SMILES string of the molecule is CC(C)(C#CCc1ccccc1)C(=O)OC(=O)C(C)(C)C#CCc1ccccc1. The lowest BCUT2D eigenvalue weighted by atomic mass is 9.92. The summed E-state index contributed by atoms with van der Waals surface area (Å²) in [5.74, 6) is 10.5. The second-order valence-corrected chi connectivity index (χ2v) is 7.86. The second kappa shape index (κ2) is 9.76. The first-order chi connectivity index (χ1) is 13.7. The van der Waals surface area contributed by atoms with Crippen LogP contribution in [0.4, 0.5) is 0 Å². The summed E-state index contributed by atoms with van der Waals surface area (Å²) in [6.45, 7) is 6.59. The lowest BCUT2D eigenvalue weighted by molar-refractivity contribution is -0.168. The van der Waals surface area contributed by atoms with Crippen LogP contribution in [0.1, 0.15) is 38.8 Å². The molecule has 0 saturated heterocycles. The number of benzene rings is 2. The van der Waals surface area contributed by atoms with Crippen molar-refractivity contribution in [3.63, 3.8) is 0 Å². The zero-order valence-corrected chi connectivity index (χ0v) is 17.4. The van der Waals surface area contributed by atoms with E-state index in [4.69, 9.17) is 4.74 Å². The average Bonchev–Trinajstić information content (AvgIpc) is 2.69. The highest BCUT2D eigenvalue weighted by Crippen LogP contribution is 2.21. The molecule has 0 aliphatic carbocycles. The summed E-state index contributed by atoms with van der Waals surface area (Å²) in [4.78, 5) is 24.9. The van der Waals surface area contributed by atoms with E-state index in [2.05, 4.69) is 23.7 Å². The number of rotatable bonds is 4. The molecule has 0 amide bonds. The van der Waals surface area contributed by atoms with Gasteiger partial charge < -0.3 is 4.74 Å². The van der Waals surface area contributed by atoms with Crippen LogP contribution in [0.5, 0.6) is 0 Å². The highest BCUT2D eigenvalue weighted by atomic mass is 16.6. The lowest BCUT2D eigenvalue weighted by Crippen LogP contribution is -2.33. The average molecular weight is 386 g/mol. The van der Waals surface area contributed by atoms with Gasteiger partial charge in [-0.2, -0.15) is 0 Å². The minimum absolute atomic E-state index is 0.530. The number of ether oxygens (including phenoxy) is 1. The van der Waals surface area contributed by atoms with Crippen molar-refractivity contribution in [1.82, 2.24) is 0 Å². The third kappa shape index (κ3) is 6.98. The van der Waals surface area contributed by atoms with E-state index < -0.39 is 22.8 Å². The minimum atomic E-state index is -1.09. The molecule has 2 aromatic rings. The van der Waals surface area contributed by atoms with Crippen LogP contribution in [0.2, 0.25) is 0 Å². The van der Waals surface area contributed by atoms with E-state index in [1.165, 1.54) is 0 Å². The third-order valence-corrected chi connectivity index (χ3v) is 4.28. The van der Waals surface area contributed by atoms with Crippen molar-refractivity contribution < 1.29 is 14.3 Å². The van der Waals surface area contributed by atoms with Crippen molar-refractivity contribution in [3.05, 3.63) is 71.8 Å². The summed E-state index contributed by atoms with van der Waals surface area (Å²) >= 11 is 0. The summed E-state index contributed by atoms with van der Waals surface area (Å²) in [6.07, 6.45) is 1.06. The van der Waals surface area contributed by atoms with Gasteiger partial charge in [0.25, 0.3) is 0 Å². The molecule has 29 heavy (non-hydrogen) atoms. The molecule has 0 bridgehead atoms. The van der Waals surface area contributed by atoms with Crippen LogP contribution in [-0.4, -0.2) is 11.9 Å².